The van der Waals surface area contributed by atoms with Crippen molar-refractivity contribution in [2.45, 2.75) is 104 Å². The number of nitrogens with two attached hydrogens (primary N) is 1. The number of fused-ring (bicyclic) bond motifs is 1. The number of carbonyl (C=O) groups excluding carboxylic acids is 3. The number of urea groups is 1. The van der Waals surface area contributed by atoms with E-state index in [-0.39, 0.29) is 50.4 Å². The minimum atomic E-state index is -1.84. The molecule has 4 rings (SSSR count). The van der Waals surface area contributed by atoms with E-state index in [0.717, 1.165) is 25.0 Å². The van der Waals surface area contributed by atoms with Gasteiger partial charge in [0.2, 0.25) is 5.91 Å². The number of aliphatic hydroxyl groups is 6. The Balaban J connectivity index is 1.16. The van der Waals surface area contributed by atoms with Crippen molar-refractivity contribution in [3.63, 3.8) is 0 Å². The molecule has 20 heteroatoms. The Kier molecular flexibility index (Phi) is 14.5. The van der Waals surface area contributed by atoms with Crippen molar-refractivity contribution in [1.29, 1.82) is 0 Å². The van der Waals surface area contributed by atoms with E-state index >= 15 is 0 Å². The van der Waals surface area contributed by atoms with Crippen molar-refractivity contribution in [2.75, 3.05) is 45.3 Å². The van der Waals surface area contributed by atoms with Gasteiger partial charge < -0.3 is 80.7 Å². The van der Waals surface area contributed by atoms with Crippen LogP contribution in [0.25, 0.3) is 0 Å². The summed E-state index contributed by atoms with van der Waals surface area (Å²) < 4.78 is 32.5. The molecule has 47 heavy (non-hydrogen) atoms. The molecule has 4 fully saturated rings. The molecule has 4 aliphatic rings. The van der Waals surface area contributed by atoms with Crippen LogP contribution in [0.1, 0.15) is 25.7 Å². The van der Waals surface area contributed by atoms with Crippen LogP contribution in [0.3, 0.4) is 0 Å². The van der Waals surface area contributed by atoms with E-state index in [9.17, 15) is 45.0 Å². The molecule has 4 saturated heterocycles. The number of nitrogens with one attached hydrogen (secondary N) is 3. The van der Waals surface area contributed by atoms with Gasteiger partial charge in [0.1, 0.15) is 42.7 Å². The predicted octanol–water partition coefficient (Wildman–Crippen LogP) is -4.41. The van der Waals surface area contributed by atoms with Crippen molar-refractivity contribution in [1.82, 2.24) is 16.0 Å². The Labute approximate surface area is 274 Å². The van der Waals surface area contributed by atoms with E-state index in [2.05, 4.69) is 16.0 Å². The lowest BCUT2D eigenvalue weighted by atomic mass is 9.97. The summed E-state index contributed by atoms with van der Waals surface area (Å²) in [6.07, 6.45) is -14.3. The third-order valence-electron chi connectivity index (χ3n) is 8.35. The van der Waals surface area contributed by atoms with Crippen LogP contribution in [0.4, 0.5) is 9.59 Å². The fourth-order valence-electron chi connectivity index (χ4n) is 5.88. The Hall–Kier alpha value is -2.08. The van der Waals surface area contributed by atoms with Crippen LogP contribution in [0.5, 0.6) is 0 Å². The van der Waals surface area contributed by atoms with Crippen LogP contribution in [0.2, 0.25) is 0 Å². The quantitative estimate of drug-likeness (QED) is 0.0507. The normalized spacial score (nSPS) is 38.3. The molecule has 4 aliphatic heterocycles. The summed E-state index contributed by atoms with van der Waals surface area (Å²) in [5, 5.41) is 70.2. The molecule has 13 atom stereocenters. The molecule has 0 aliphatic carbocycles. The fraction of sp³-hybridized carbons (Fsp3) is 0.889. The number of hydrogen-bond donors (Lipinski definition) is 10. The van der Waals surface area contributed by atoms with Crippen LogP contribution in [-0.4, -0.2) is 173 Å². The lowest BCUT2D eigenvalue weighted by Crippen LogP contribution is -2.65. The number of unbranched alkanes of at least 4 members (excludes halogenated alkanes) is 1. The highest BCUT2D eigenvalue weighted by Crippen LogP contribution is 2.33. The summed E-state index contributed by atoms with van der Waals surface area (Å²) in [7, 11) is 0. The second-order valence-electron chi connectivity index (χ2n) is 11.6. The molecule has 270 valence electrons. The maximum Gasteiger partial charge on any atom is 0.404 e. The minimum Gasteiger partial charge on any atom is -0.441 e. The van der Waals surface area contributed by atoms with Gasteiger partial charge in [-0.15, -0.1) is 0 Å². The fourth-order valence-corrected chi connectivity index (χ4v) is 7.42. The number of amides is 4. The van der Waals surface area contributed by atoms with Crippen LogP contribution < -0.4 is 21.7 Å². The summed E-state index contributed by atoms with van der Waals surface area (Å²) in [5.41, 5.74) is 5.02. The number of hydrogen-bond acceptors (Lipinski definition) is 16. The van der Waals surface area contributed by atoms with Gasteiger partial charge in [0, 0.05) is 24.0 Å². The molecular weight excluding hydrogens is 652 g/mol. The van der Waals surface area contributed by atoms with Crippen molar-refractivity contribution in [2.24, 2.45) is 5.73 Å². The summed E-state index contributed by atoms with van der Waals surface area (Å²) in [5.74, 6) is 0.783. The second-order valence-corrected chi connectivity index (χ2v) is 12.9. The summed E-state index contributed by atoms with van der Waals surface area (Å²) in [6, 6.07) is 0.199. The van der Waals surface area contributed by atoms with Gasteiger partial charge in [-0.2, -0.15) is 11.8 Å². The van der Waals surface area contributed by atoms with E-state index in [0.29, 0.717) is 11.7 Å². The zero-order chi connectivity index (χ0) is 34.1. The van der Waals surface area contributed by atoms with E-state index in [1.54, 1.807) is 0 Å². The summed E-state index contributed by atoms with van der Waals surface area (Å²) in [4.78, 5) is 35.0. The first kappa shape index (κ1) is 37.7. The largest absolute Gasteiger partial charge is 0.441 e. The average Bonchev–Trinajstić information content (AvgIpc) is 3.60. The van der Waals surface area contributed by atoms with Crippen LogP contribution >= 0.6 is 11.8 Å². The molecule has 0 saturated carbocycles. The van der Waals surface area contributed by atoms with Gasteiger partial charge in [0.15, 0.2) is 18.7 Å². The average molecular weight is 699 g/mol. The van der Waals surface area contributed by atoms with E-state index in [4.69, 9.17) is 34.2 Å². The highest BCUT2D eigenvalue weighted by molar-refractivity contribution is 8.00. The van der Waals surface area contributed by atoms with Gasteiger partial charge in [-0.05, 0) is 12.8 Å². The zero-order valence-corrected chi connectivity index (χ0v) is 26.4. The van der Waals surface area contributed by atoms with Gasteiger partial charge in [0.05, 0.1) is 45.1 Å². The van der Waals surface area contributed by atoms with Gasteiger partial charge in [0.25, 0.3) is 0 Å². The molecule has 19 nitrogen and oxygen atoms in total. The number of ether oxygens (including phenoxy) is 6. The van der Waals surface area contributed by atoms with Crippen LogP contribution in [0.15, 0.2) is 0 Å². The van der Waals surface area contributed by atoms with Gasteiger partial charge in [-0.25, -0.2) is 9.59 Å². The maximum atomic E-state index is 12.2. The van der Waals surface area contributed by atoms with Gasteiger partial charge >= 0.3 is 12.1 Å². The van der Waals surface area contributed by atoms with E-state index in [1.807, 2.05) is 11.8 Å². The third kappa shape index (κ3) is 9.98. The van der Waals surface area contributed by atoms with Crippen molar-refractivity contribution >= 4 is 29.8 Å². The summed E-state index contributed by atoms with van der Waals surface area (Å²) >= 11 is 1.83. The number of carbonyl (C=O) groups is 3. The number of primary amides is 1. The first-order chi connectivity index (χ1) is 22.5. The van der Waals surface area contributed by atoms with E-state index in [1.165, 1.54) is 0 Å². The number of thioether (sulfide) groups is 1. The number of rotatable bonds is 17. The maximum absolute atomic E-state index is 12.2. The van der Waals surface area contributed by atoms with Crippen molar-refractivity contribution in [3.8, 4) is 0 Å². The van der Waals surface area contributed by atoms with Crippen molar-refractivity contribution < 1.29 is 73.4 Å². The molecule has 0 bridgehead atoms. The lowest BCUT2D eigenvalue weighted by molar-refractivity contribution is -0.367. The Bertz CT molecular complexity index is 1030. The zero-order valence-electron chi connectivity index (χ0n) is 25.6. The highest BCUT2D eigenvalue weighted by atomic mass is 32.2. The molecule has 4 amide bonds. The molecule has 0 aromatic carbocycles. The Morgan fingerprint density at radius 1 is 0.915 bits per heavy atom. The van der Waals surface area contributed by atoms with Crippen LogP contribution in [-0.2, 0) is 33.2 Å². The molecule has 0 unspecified atom stereocenters. The first-order valence-electron chi connectivity index (χ1n) is 15.5. The summed E-state index contributed by atoms with van der Waals surface area (Å²) in [6.45, 7) is -1.10. The highest BCUT2D eigenvalue weighted by Gasteiger charge is 2.52. The molecule has 0 aromatic rings. The Morgan fingerprint density at radius 2 is 1.64 bits per heavy atom. The van der Waals surface area contributed by atoms with Crippen molar-refractivity contribution in [3.05, 3.63) is 0 Å². The lowest BCUT2D eigenvalue weighted by Gasteiger charge is -2.46. The molecule has 0 spiro atoms. The SMILES string of the molecule is NC(=O)O[C@@H]1[C@H](O)[C@@H](O[C@@H]2[C@H](OCCOCCNC(=O)CCCC[C@@H]3SC[C@@H]4NC(=O)N[C@@H]43)O[C@@H](CO)[C@@H](O)[C@H]2O)O[C@H](CO)[C@@H]1O. The predicted molar refractivity (Wildman–Crippen MR) is 159 cm³/mol. The second kappa shape index (κ2) is 18.1. The monoisotopic (exact) mass is 698 g/mol. The van der Waals surface area contributed by atoms with Crippen LogP contribution in [0, 0.1) is 0 Å². The third-order valence-corrected chi connectivity index (χ3v) is 9.86. The van der Waals surface area contributed by atoms with E-state index < -0.39 is 80.7 Å². The standard InChI is InChI=1S/C27H46N4O15S/c28-26(39)46-22-19(36)14(10-33)43-24(21(22)38)45-23-20(37)18(35)13(9-32)44-25(23)42-8-7-41-6-5-29-16(34)4-2-1-3-15-17-12(11-47-15)30-27(40)31-17/h12-15,17-25,32-33,35-38H,1-11H2,(H2,28,39)(H,29,34)(H2,30,31,40)/t12-,13-,14+,15-,17-,18+,19-,20+,21-,22-,23-,24+,25+/m0/s1. The Morgan fingerprint density at radius 3 is 2.36 bits per heavy atom. The van der Waals surface area contributed by atoms with Gasteiger partial charge in [-0.1, -0.05) is 6.42 Å². The molecule has 0 radical (unpaired) electrons. The topological polar surface area (TPSA) is 290 Å². The molecule has 0 aromatic heterocycles. The molecular formula is C27H46N4O15S. The molecule has 4 heterocycles. The molecule has 11 N–H and O–H groups in total. The smallest absolute Gasteiger partial charge is 0.404 e. The minimum absolute atomic E-state index is 0.0212. The van der Waals surface area contributed by atoms with Gasteiger partial charge in [-0.3, -0.25) is 4.79 Å². The first-order valence-corrected chi connectivity index (χ1v) is 16.6. The number of aliphatic hydroxyl groups excluding tert-OH is 6.